The van der Waals surface area contributed by atoms with E-state index in [1.807, 2.05) is 50.2 Å². The average Bonchev–Trinajstić information content (AvgIpc) is 2.88. The van der Waals surface area contributed by atoms with Crippen molar-refractivity contribution in [2.24, 2.45) is 0 Å². The maximum atomic E-state index is 14.6. The molecule has 182 valence electrons. The minimum Gasteiger partial charge on any atom is -0.496 e. The number of hydrogen-bond donors (Lipinski definition) is 0. The van der Waals surface area contributed by atoms with Gasteiger partial charge in [0.25, 0.3) is 0 Å². The zero-order chi connectivity index (χ0) is 26.0. The fraction of sp³-hybridized carbons (Fsp3) is 0.133. The molecule has 4 aromatic carbocycles. The van der Waals surface area contributed by atoms with Crippen molar-refractivity contribution >= 4 is 12.6 Å². The minimum absolute atomic E-state index is 0.123. The number of aldehydes is 2. The van der Waals surface area contributed by atoms with Gasteiger partial charge in [-0.15, -0.1) is 0 Å². The molecule has 0 spiro atoms. The summed E-state index contributed by atoms with van der Waals surface area (Å²) >= 11 is 0. The Labute approximate surface area is 208 Å². The molecule has 0 bridgehead atoms. The topological polar surface area (TPSA) is 52.6 Å². The first kappa shape index (κ1) is 24.8. The first-order valence-corrected chi connectivity index (χ1v) is 11.2. The predicted molar refractivity (Wildman–Crippen MR) is 136 cm³/mol. The van der Waals surface area contributed by atoms with Gasteiger partial charge in [-0.3, -0.25) is 9.59 Å². The van der Waals surface area contributed by atoms with Crippen molar-refractivity contribution in [3.8, 4) is 44.9 Å². The highest BCUT2D eigenvalue weighted by atomic mass is 19.1. The number of methoxy groups -OCH3 is 2. The molecule has 0 aliphatic carbocycles. The van der Waals surface area contributed by atoms with E-state index in [1.54, 1.807) is 12.1 Å². The van der Waals surface area contributed by atoms with E-state index in [4.69, 9.17) is 9.47 Å². The van der Waals surface area contributed by atoms with Crippen molar-refractivity contribution in [1.29, 1.82) is 0 Å². The van der Waals surface area contributed by atoms with Gasteiger partial charge in [-0.1, -0.05) is 36.4 Å². The molecule has 0 saturated heterocycles. The molecular formula is C30H24F2O4. The van der Waals surface area contributed by atoms with Crippen LogP contribution in [0.25, 0.3) is 33.4 Å². The molecule has 0 N–H and O–H groups in total. The monoisotopic (exact) mass is 486 g/mol. The zero-order valence-electron chi connectivity index (χ0n) is 20.3. The number of hydrogen-bond acceptors (Lipinski definition) is 4. The van der Waals surface area contributed by atoms with E-state index in [0.29, 0.717) is 23.7 Å². The second kappa shape index (κ2) is 10.1. The summed E-state index contributed by atoms with van der Waals surface area (Å²) in [6.45, 7) is 3.88. The van der Waals surface area contributed by atoms with Crippen molar-refractivity contribution in [3.63, 3.8) is 0 Å². The van der Waals surface area contributed by atoms with Crippen molar-refractivity contribution in [2.45, 2.75) is 13.8 Å². The summed E-state index contributed by atoms with van der Waals surface area (Å²) in [5, 5.41) is 0. The molecule has 36 heavy (non-hydrogen) atoms. The Morgan fingerprint density at radius 3 is 1.31 bits per heavy atom. The number of benzene rings is 4. The van der Waals surface area contributed by atoms with E-state index in [2.05, 4.69) is 0 Å². The van der Waals surface area contributed by atoms with Crippen LogP contribution in [0.15, 0.2) is 60.7 Å². The number of carbonyl (C=O) groups excluding carboxylic acids is 2. The van der Waals surface area contributed by atoms with Gasteiger partial charge in [-0.25, -0.2) is 8.78 Å². The van der Waals surface area contributed by atoms with Crippen LogP contribution >= 0.6 is 0 Å². The summed E-state index contributed by atoms with van der Waals surface area (Å²) in [5.41, 5.74) is 6.13. The third-order valence-electron chi connectivity index (χ3n) is 6.44. The lowest BCUT2D eigenvalue weighted by molar-refractivity contribution is 0.110. The fourth-order valence-corrected chi connectivity index (χ4v) is 4.54. The van der Waals surface area contributed by atoms with Gasteiger partial charge in [0.2, 0.25) is 0 Å². The molecule has 0 radical (unpaired) electrons. The van der Waals surface area contributed by atoms with Gasteiger partial charge in [0.05, 0.1) is 25.3 Å². The summed E-state index contributed by atoms with van der Waals surface area (Å²) in [6, 6.07) is 17.4. The lowest BCUT2D eigenvalue weighted by Gasteiger charge is -2.17. The van der Waals surface area contributed by atoms with Crippen molar-refractivity contribution < 1.29 is 27.8 Å². The van der Waals surface area contributed by atoms with Crippen LogP contribution in [0.4, 0.5) is 8.78 Å². The summed E-state index contributed by atoms with van der Waals surface area (Å²) in [6.07, 6.45) is 0.880. The molecular weight excluding hydrogens is 462 g/mol. The molecule has 0 saturated carbocycles. The van der Waals surface area contributed by atoms with Crippen LogP contribution in [-0.4, -0.2) is 26.8 Å². The van der Waals surface area contributed by atoms with Gasteiger partial charge in [-0.05, 0) is 82.6 Å². The molecule has 6 heteroatoms. The van der Waals surface area contributed by atoms with E-state index >= 15 is 0 Å². The molecule has 0 aliphatic heterocycles. The van der Waals surface area contributed by atoms with Gasteiger partial charge in [0, 0.05) is 0 Å². The Morgan fingerprint density at radius 1 is 0.611 bits per heavy atom. The number of ether oxygens (including phenoxy) is 2. The Kier molecular flexibility index (Phi) is 6.97. The molecule has 4 nitrogen and oxygen atoms in total. The normalized spacial score (nSPS) is 10.7. The molecule has 0 atom stereocenters. The van der Waals surface area contributed by atoms with Crippen LogP contribution in [0.2, 0.25) is 0 Å². The first-order valence-electron chi connectivity index (χ1n) is 11.2. The summed E-state index contributed by atoms with van der Waals surface area (Å²) in [5.74, 6) is -0.982. The molecule has 0 unspecified atom stereocenters. The molecule has 0 aliphatic rings. The maximum Gasteiger partial charge on any atom is 0.156 e. The molecule has 0 aromatic heterocycles. The molecule has 0 heterocycles. The lowest BCUT2D eigenvalue weighted by Crippen LogP contribution is -1.98. The maximum absolute atomic E-state index is 14.6. The Bertz CT molecular complexity index is 1380. The third kappa shape index (κ3) is 4.26. The highest BCUT2D eigenvalue weighted by Gasteiger charge is 2.18. The molecule has 4 rings (SSSR count). The zero-order valence-corrected chi connectivity index (χ0v) is 20.3. The quantitative estimate of drug-likeness (QED) is 0.259. The van der Waals surface area contributed by atoms with Crippen molar-refractivity contribution in [3.05, 3.63) is 94.6 Å². The third-order valence-corrected chi connectivity index (χ3v) is 6.44. The van der Waals surface area contributed by atoms with E-state index in [9.17, 15) is 18.4 Å². The van der Waals surface area contributed by atoms with Gasteiger partial charge in [-0.2, -0.15) is 0 Å². The van der Waals surface area contributed by atoms with Crippen LogP contribution < -0.4 is 9.47 Å². The lowest BCUT2D eigenvalue weighted by atomic mass is 9.87. The van der Waals surface area contributed by atoms with Gasteiger partial charge < -0.3 is 9.47 Å². The second-order valence-corrected chi connectivity index (χ2v) is 8.34. The number of halogens is 2. The molecule has 0 fully saturated rings. The summed E-state index contributed by atoms with van der Waals surface area (Å²) < 4.78 is 39.7. The highest BCUT2D eigenvalue weighted by Crippen LogP contribution is 2.39. The van der Waals surface area contributed by atoms with Crippen molar-refractivity contribution in [1.82, 2.24) is 0 Å². The van der Waals surface area contributed by atoms with Crippen LogP contribution in [0.1, 0.15) is 31.8 Å². The van der Waals surface area contributed by atoms with E-state index in [1.165, 1.54) is 26.4 Å². The average molecular weight is 487 g/mol. The van der Waals surface area contributed by atoms with Gasteiger partial charge in [0.15, 0.2) is 12.6 Å². The molecule has 4 aromatic rings. The van der Waals surface area contributed by atoms with E-state index in [-0.39, 0.29) is 22.6 Å². The number of carbonyl (C=O) groups is 2. The van der Waals surface area contributed by atoms with Crippen molar-refractivity contribution in [2.75, 3.05) is 14.2 Å². The number of rotatable bonds is 7. The standard InChI is InChI=1S/C30H24F2O4/c1-17-21(19-11-27(31)25(15-33)29(13-19)35-3)7-5-9-23(17)24-10-6-8-22(18(24)2)20-12-28(32)26(16-34)30(14-20)36-4/h5-16H,1-4H3. The SMILES string of the molecule is COc1cc(-c2cccc(-c3cccc(-c4cc(F)c(C=O)c(OC)c4)c3C)c2C)cc(F)c1C=O. The van der Waals surface area contributed by atoms with Crippen LogP contribution in [0.3, 0.4) is 0 Å². The minimum atomic E-state index is -0.655. The van der Waals surface area contributed by atoms with Crippen LogP contribution in [-0.2, 0) is 0 Å². The largest absolute Gasteiger partial charge is 0.496 e. The van der Waals surface area contributed by atoms with E-state index in [0.717, 1.165) is 33.4 Å². The van der Waals surface area contributed by atoms with E-state index < -0.39 is 11.6 Å². The van der Waals surface area contributed by atoms with Gasteiger partial charge >= 0.3 is 0 Å². The Morgan fingerprint density at radius 2 is 0.972 bits per heavy atom. The Balaban J connectivity index is 1.87. The summed E-state index contributed by atoms with van der Waals surface area (Å²) in [7, 11) is 2.78. The molecule has 0 amide bonds. The fourth-order valence-electron chi connectivity index (χ4n) is 4.54. The summed E-state index contributed by atoms with van der Waals surface area (Å²) in [4.78, 5) is 22.6. The van der Waals surface area contributed by atoms with Crippen LogP contribution in [0.5, 0.6) is 11.5 Å². The van der Waals surface area contributed by atoms with Gasteiger partial charge in [0.1, 0.15) is 23.1 Å². The predicted octanol–water partition coefficient (Wildman–Crippen LogP) is 7.22. The smallest absolute Gasteiger partial charge is 0.156 e. The second-order valence-electron chi connectivity index (χ2n) is 8.34. The highest BCUT2D eigenvalue weighted by molar-refractivity contribution is 5.87. The Hall–Kier alpha value is -4.32. The first-order chi connectivity index (χ1) is 17.3. The van der Waals surface area contributed by atoms with Crippen LogP contribution in [0, 0.1) is 25.5 Å².